The molecule has 0 aromatic rings. The molecule has 12 N–H and O–H groups in total. The van der Waals surface area contributed by atoms with E-state index in [0.717, 1.165) is 0 Å². The quantitative estimate of drug-likeness (QED) is 0.0791. The summed E-state index contributed by atoms with van der Waals surface area (Å²) in [6.45, 7) is -1.88. The number of carbonyl (C=O) groups is 4. The van der Waals surface area contributed by atoms with Crippen molar-refractivity contribution in [2.45, 2.75) is 31.0 Å². The van der Waals surface area contributed by atoms with Gasteiger partial charge in [-0.25, -0.2) is 4.79 Å². The second kappa shape index (κ2) is 13.2. The van der Waals surface area contributed by atoms with Gasteiger partial charge < -0.3 is 48.1 Å². The van der Waals surface area contributed by atoms with Crippen LogP contribution in [0, 0.1) is 5.41 Å². The summed E-state index contributed by atoms with van der Waals surface area (Å²) in [5.41, 5.74) is 10.8. The van der Waals surface area contributed by atoms with Crippen molar-refractivity contribution in [3.05, 3.63) is 0 Å². The van der Waals surface area contributed by atoms with Crippen molar-refractivity contribution < 1.29 is 34.5 Å². The third-order valence-electron chi connectivity index (χ3n) is 3.40. The molecular formula is C14H27N7O7. The van der Waals surface area contributed by atoms with Gasteiger partial charge >= 0.3 is 5.97 Å². The van der Waals surface area contributed by atoms with Crippen molar-refractivity contribution in [2.75, 3.05) is 26.3 Å². The highest BCUT2D eigenvalue weighted by Gasteiger charge is 2.24. The van der Waals surface area contributed by atoms with Crippen LogP contribution in [0.1, 0.15) is 12.8 Å². The molecule has 0 aliphatic rings. The summed E-state index contributed by atoms with van der Waals surface area (Å²) in [7, 11) is 0. The smallest absolute Gasteiger partial charge is 0.328 e. The van der Waals surface area contributed by atoms with Gasteiger partial charge in [-0.05, 0) is 12.8 Å². The van der Waals surface area contributed by atoms with E-state index in [1.54, 1.807) is 0 Å². The van der Waals surface area contributed by atoms with Gasteiger partial charge in [0.25, 0.3) is 0 Å². The molecule has 0 bridgehead atoms. The van der Waals surface area contributed by atoms with Crippen molar-refractivity contribution >= 4 is 29.7 Å². The summed E-state index contributed by atoms with van der Waals surface area (Å²) < 4.78 is 0. The number of aliphatic carboxylic acids is 1. The van der Waals surface area contributed by atoms with Crippen LogP contribution in [0.3, 0.4) is 0 Å². The molecule has 0 spiro atoms. The van der Waals surface area contributed by atoms with E-state index in [2.05, 4.69) is 16.0 Å². The van der Waals surface area contributed by atoms with E-state index in [9.17, 15) is 24.3 Å². The standard InChI is InChI=1S/C14H27N7O7/c15-7(2-1-3-18-14(16)17)11(25)21-8(5-22)12(26)19-4-10(24)20-9(6-23)13(27)28/h7-9,22-23H,1-6,15H2,(H,19,26)(H,20,24)(H,21,25)(H,27,28)(H4,16,17,18)/t7-,8-,9-/m0/s1. The monoisotopic (exact) mass is 405 g/mol. The Morgan fingerprint density at radius 3 is 2.07 bits per heavy atom. The van der Waals surface area contributed by atoms with Crippen molar-refractivity contribution in [1.82, 2.24) is 21.3 Å². The van der Waals surface area contributed by atoms with Crippen molar-refractivity contribution in [1.29, 1.82) is 5.41 Å². The van der Waals surface area contributed by atoms with E-state index in [1.807, 2.05) is 5.32 Å². The molecule has 160 valence electrons. The summed E-state index contributed by atoms with van der Waals surface area (Å²) in [6.07, 6.45) is 0.659. The topological polar surface area (TPSA) is 253 Å². The lowest BCUT2D eigenvalue weighted by Gasteiger charge is -2.19. The minimum absolute atomic E-state index is 0.215. The van der Waals surface area contributed by atoms with Gasteiger partial charge in [0.2, 0.25) is 17.7 Å². The number of guanidine groups is 1. The molecule has 0 saturated carbocycles. The maximum absolute atomic E-state index is 12.0. The summed E-state index contributed by atoms with van der Waals surface area (Å²) in [5.74, 6) is -4.13. The van der Waals surface area contributed by atoms with Gasteiger partial charge in [0.15, 0.2) is 5.96 Å². The normalized spacial score (nSPS) is 13.5. The van der Waals surface area contributed by atoms with Crippen molar-refractivity contribution in [3.63, 3.8) is 0 Å². The molecule has 0 fully saturated rings. The van der Waals surface area contributed by atoms with Crippen molar-refractivity contribution in [2.24, 2.45) is 11.5 Å². The Bertz CT molecular complexity index is 572. The fourth-order valence-electron chi connectivity index (χ4n) is 1.87. The number of nitrogens with two attached hydrogens (primary N) is 2. The Labute approximate surface area is 160 Å². The van der Waals surface area contributed by atoms with Gasteiger partial charge in [0.1, 0.15) is 12.1 Å². The fraction of sp³-hybridized carbons (Fsp3) is 0.643. The predicted molar refractivity (Wildman–Crippen MR) is 95.8 cm³/mol. The molecule has 14 nitrogen and oxygen atoms in total. The predicted octanol–water partition coefficient (Wildman–Crippen LogP) is -5.27. The first-order valence-corrected chi connectivity index (χ1v) is 8.27. The minimum Gasteiger partial charge on any atom is -0.480 e. The number of hydrogen-bond donors (Lipinski definition) is 10. The maximum Gasteiger partial charge on any atom is 0.328 e. The average molecular weight is 405 g/mol. The first-order valence-electron chi connectivity index (χ1n) is 8.27. The SMILES string of the molecule is N=C(N)NCCC[C@H](N)C(=O)N[C@@H](CO)C(=O)NCC(=O)N[C@@H](CO)C(=O)O. The zero-order valence-corrected chi connectivity index (χ0v) is 15.1. The fourth-order valence-corrected chi connectivity index (χ4v) is 1.87. The second-order valence-corrected chi connectivity index (χ2v) is 5.69. The lowest BCUT2D eigenvalue weighted by atomic mass is 10.1. The number of nitrogens with one attached hydrogen (secondary N) is 5. The molecule has 3 amide bonds. The third kappa shape index (κ3) is 10.2. The van der Waals surface area contributed by atoms with Gasteiger partial charge in [-0.3, -0.25) is 19.8 Å². The Hall–Kier alpha value is -2.97. The van der Waals surface area contributed by atoms with E-state index >= 15 is 0 Å². The molecule has 3 atom stereocenters. The molecule has 28 heavy (non-hydrogen) atoms. The molecule has 0 saturated heterocycles. The van der Waals surface area contributed by atoms with Crippen LogP contribution in [0.15, 0.2) is 0 Å². The zero-order chi connectivity index (χ0) is 21.7. The van der Waals surface area contributed by atoms with Crippen LogP contribution < -0.4 is 32.7 Å². The van der Waals surface area contributed by atoms with E-state index in [-0.39, 0.29) is 12.4 Å². The molecule has 0 heterocycles. The summed E-state index contributed by atoms with van der Waals surface area (Å²) in [4.78, 5) is 46.2. The highest BCUT2D eigenvalue weighted by atomic mass is 16.4. The number of carboxylic acids is 1. The molecular weight excluding hydrogens is 378 g/mol. The average Bonchev–Trinajstić information content (AvgIpc) is 2.64. The van der Waals surface area contributed by atoms with E-state index in [4.69, 9.17) is 27.1 Å². The Kier molecular flexibility index (Phi) is 11.8. The number of rotatable bonds is 13. The third-order valence-corrected chi connectivity index (χ3v) is 3.40. The Morgan fingerprint density at radius 1 is 0.964 bits per heavy atom. The molecule has 0 radical (unpaired) electrons. The molecule has 0 aromatic carbocycles. The number of carbonyl (C=O) groups excluding carboxylic acids is 3. The highest BCUT2D eigenvalue weighted by molar-refractivity contribution is 5.92. The Morgan fingerprint density at radius 2 is 1.57 bits per heavy atom. The second-order valence-electron chi connectivity index (χ2n) is 5.69. The first-order chi connectivity index (χ1) is 13.1. The molecule has 0 aliphatic carbocycles. The summed E-state index contributed by atoms with van der Waals surface area (Å²) in [6, 6.07) is -3.86. The minimum atomic E-state index is -1.52. The van der Waals surface area contributed by atoms with E-state index < -0.39 is 61.6 Å². The largest absolute Gasteiger partial charge is 0.480 e. The summed E-state index contributed by atoms with van der Waals surface area (Å²) >= 11 is 0. The number of carboxylic acid groups (broad SMARTS) is 1. The molecule has 14 heteroatoms. The van der Waals surface area contributed by atoms with E-state index in [0.29, 0.717) is 13.0 Å². The Balaban J connectivity index is 4.39. The first kappa shape index (κ1) is 25.0. The highest BCUT2D eigenvalue weighted by Crippen LogP contribution is 1.95. The molecule has 0 aromatic heterocycles. The van der Waals surface area contributed by atoms with E-state index in [1.165, 1.54) is 0 Å². The number of hydrogen-bond acceptors (Lipinski definition) is 8. The van der Waals surface area contributed by atoms with Crippen LogP contribution in [0.25, 0.3) is 0 Å². The zero-order valence-electron chi connectivity index (χ0n) is 15.1. The molecule has 0 rings (SSSR count). The van der Waals surface area contributed by atoms with Crippen molar-refractivity contribution in [3.8, 4) is 0 Å². The van der Waals surface area contributed by atoms with Crippen LogP contribution in [0.4, 0.5) is 0 Å². The number of amides is 3. The summed E-state index contributed by atoms with van der Waals surface area (Å²) in [5, 5.41) is 42.6. The molecule has 0 unspecified atom stereocenters. The lowest BCUT2D eigenvalue weighted by molar-refractivity contribution is -0.142. The van der Waals surface area contributed by atoms with Gasteiger partial charge in [0, 0.05) is 6.54 Å². The van der Waals surface area contributed by atoms with Crippen LogP contribution in [0.5, 0.6) is 0 Å². The van der Waals surface area contributed by atoms with Crippen LogP contribution >= 0.6 is 0 Å². The van der Waals surface area contributed by atoms with Gasteiger partial charge in [0.05, 0.1) is 25.8 Å². The van der Waals surface area contributed by atoms with Gasteiger partial charge in [-0.2, -0.15) is 0 Å². The van der Waals surface area contributed by atoms with Gasteiger partial charge in [-0.1, -0.05) is 0 Å². The number of aliphatic hydroxyl groups excluding tert-OH is 2. The van der Waals surface area contributed by atoms with Crippen LogP contribution in [-0.2, 0) is 19.2 Å². The number of aliphatic hydroxyl groups is 2. The van der Waals surface area contributed by atoms with Crippen LogP contribution in [-0.4, -0.2) is 89.4 Å². The molecule has 0 aliphatic heterocycles. The van der Waals surface area contributed by atoms with Gasteiger partial charge in [-0.15, -0.1) is 0 Å². The maximum atomic E-state index is 12.0. The van der Waals surface area contributed by atoms with Crippen LogP contribution in [0.2, 0.25) is 0 Å². The lowest BCUT2D eigenvalue weighted by Crippen LogP contribution is -2.55.